The summed E-state index contributed by atoms with van der Waals surface area (Å²) in [6, 6.07) is 8.70. The average Bonchev–Trinajstić information content (AvgIpc) is 2.47. The van der Waals surface area contributed by atoms with Gasteiger partial charge in [0.25, 0.3) is 0 Å². The summed E-state index contributed by atoms with van der Waals surface area (Å²) in [5, 5.41) is 0. The molecule has 7 heteroatoms. The van der Waals surface area contributed by atoms with Crippen LogP contribution in [0.15, 0.2) is 41.0 Å². The van der Waals surface area contributed by atoms with E-state index in [0.717, 1.165) is 15.9 Å². The third kappa shape index (κ3) is 4.30. The molecule has 0 saturated heterocycles. The summed E-state index contributed by atoms with van der Waals surface area (Å²) < 4.78 is 35.2. The zero-order valence-electron chi connectivity index (χ0n) is 12.1. The van der Waals surface area contributed by atoms with Gasteiger partial charge in [-0.3, -0.25) is 0 Å². The second-order valence-corrected chi connectivity index (χ2v) is 5.47. The number of pyridine rings is 1. The summed E-state index contributed by atoms with van der Waals surface area (Å²) in [6.07, 6.45) is 1.70. The molecule has 4 nitrogen and oxygen atoms in total. The van der Waals surface area contributed by atoms with E-state index in [0.29, 0.717) is 6.54 Å². The summed E-state index contributed by atoms with van der Waals surface area (Å²) >= 11 is 3.33. The van der Waals surface area contributed by atoms with Crippen LogP contribution < -0.4 is 14.4 Å². The van der Waals surface area contributed by atoms with Gasteiger partial charge in [0.15, 0.2) is 11.5 Å². The molecule has 118 valence electrons. The van der Waals surface area contributed by atoms with Crippen molar-refractivity contribution in [1.82, 2.24) is 4.98 Å². The average molecular weight is 373 g/mol. The molecule has 0 aliphatic rings. The van der Waals surface area contributed by atoms with Crippen LogP contribution in [0.2, 0.25) is 0 Å². The molecule has 0 atom stereocenters. The number of hydrogen-bond donors (Lipinski definition) is 0. The van der Waals surface area contributed by atoms with Crippen LogP contribution >= 0.6 is 15.9 Å². The summed E-state index contributed by atoms with van der Waals surface area (Å²) in [5.74, 6) is 1.07. The van der Waals surface area contributed by atoms with Gasteiger partial charge < -0.3 is 14.4 Å². The maximum atomic E-state index is 12.4. The Kier molecular flexibility index (Phi) is 5.54. The third-order valence-corrected chi connectivity index (χ3v) is 3.44. The summed E-state index contributed by atoms with van der Waals surface area (Å²) in [4.78, 5) is 6.19. The number of benzene rings is 1. The van der Waals surface area contributed by atoms with Gasteiger partial charge in [-0.25, -0.2) is 4.98 Å². The molecule has 0 bridgehead atoms. The summed E-state index contributed by atoms with van der Waals surface area (Å²) in [5.41, 5.74) is 0.809. The van der Waals surface area contributed by atoms with Gasteiger partial charge in [0.05, 0.1) is 7.11 Å². The second kappa shape index (κ2) is 7.40. The van der Waals surface area contributed by atoms with Crippen LogP contribution in [0.4, 0.5) is 14.6 Å². The van der Waals surface area contributed by atoms with Crippen LogP contribution in [0.25, 0.3) is 0 Å². The van der Waals surface area contributed by atoms with Crippen molar-refractivity contribution in [3.63, 3.8) is 0 Å². The van der Waals surface area contributed by atoms with Crippen LogP contribution in [0.5, 0.6) is 11.5 Å². The number of rotatable bonds is 6. The smallest absolute Gasteiger partial charge is 0.387 e. The SMILES string of the molecule is COc1ccc(CN(C)c2ccc(Br)cn2)cc1OC(F)F. The molecular formula is C15H15BrF2N2O2. The predicted octanol–water partition coefficient (Wildman–Crippen LogP) is 4.09. The normalized spacial score (nSPS) is 10.6. The van der Waals surface area contributed by atoms with Crippen molar-refractivity contribution in [2.24, 2.45) is 0 Å². The minimum Gasteiger partial charge on any atom is -0.493 e. The van der Waals surface area contributed by atoms with Crippen LogP contribution in [0.3, 0.4) is 0 Å². The first-order valence-electron chi connectivity index (χ1n) is 6.44. The minimum absolute atomic E-state index is 0.0205. The second-order valence-electron chi connectivity index (χ2n) is 4.55. The molecule has 22 heavy (non-hydrogen) atoms. The number of hydrogen-bond acceptors (Lipinski definition) is 4. The first kappa shape index (κ1) is 16.5. The van der Waals surface area contributed by atoms with Crippen molar-refractivity contribution >= 4 is 21.7 Å². The molecule has 2 aromatic rings. The van der Waals surface area contributed by atoms with Crippen molar-refractivity contribution in [3.05, 3.63) is 46.6 Å². The Morgan fingerprint density at radius 1 is 1.23 bits per heavy atom. The van der Waals surface area contributed by atoms with Gasteiger partial charge in [-0.1, -0.05) is 6.07 Å². The van der Waals surface area contributed by atoms with E-state index >= 15 is 0 Å². The molecule has 0 spiro atoms. The molecule has 1 aromatic heterocycles. The van der Waals surface area contributed by atoms with Gasteiger partial charge in [-0.15, -0.1) is 0 Å². The van der Waals surface area contributed by atoms with Crippen molar-refractivity contribution in [3.8, 4) is 11.5 Å². The van der Waals surface area contributed by atoms with Crippen LogP contribution in [-0.2, 0) is 6.54 Å². The fourth-order valence-corrected chi connectivity index (χ4v) is 2.19. The Balaban J connectivity index is 2.16. The highest BCUT2D eigenvalue weighted by molar-refractivity contribution is 9.10. The monoisotopic (exact) mass is 372 g/mol. The standard InChI is InChI=1S/C15H15BrF2N2O2/c1-20(14-6-4-11(16)8-19-14)9-10-3-5-12(21-2)13(7-10)22-15(17)18/h3-8,15H,9H2,1-2H3. The zero-order chi connectivity index (χ0) is 16.1. The van der Waals surface area contributed by atoms with Crippen LogP contribution in [-0.4, -0.2) is 25.8 Å². The molecule has 0 aliphatic carbocycles. The van der Waals surface area contributed by atoms with E-state index < -0.39 is 6.61 Å². The lowest BCUT2D eigenvalue weighted by Gasteiger charge is -2.19. The molecule has 0 radical (unpaired) electrons. The van der Waals surface area contributed by atoms with E-state index in [-0.39, 0.29) is 11.5 Å². The molecule has 0 unspecified atom stereocenters. The Bertz CT molecular complexity index is 623. The molecule has 0 fully saturated rings. The van der Waals surface area contributed by atoms with E-state index in [1.807, 2.05) is 24.1 Å². The van der Waals surface area contributed by atoms with Crippen molar-refractivity contribution in [2.75, 3.05) is 19.1 Å². The van der Waals surface area contributed by atoms with E-state index in [9.17, 15) is 8.78 Å². The number of aromatic nitrogens is 1. The molecular weight excluding hydrogens is 358 g/mol. The van der Waals surface area contributed by atoms with Gasteiger partial charge in [-0.2, -0.15) is 8.78 Å². The zero-order valence-corrected chi connectivity index (χ0v) is 13.7. The lowest BCUT2D eigenvalue weighted by atomic mass is 10.2. The maximum absolute atomic E-state index is 12.4. The Morgan fingerprint density at radius 3 is 2.59 bits per heavy atom. The van der Waals surface area contributed by atoms with Gasteiger partial charge in [-0.05, 0) is 45.8 Å². The summed E-state index contributed by atoms with van der Waals surface area (Å²) in [6.45, 7) is -2.40. The topological polar surface area (TPSA) is 34.6 Å². The van der Waals surface area contributed by atoms with Crippen molar-refractivity contribution in [1.29, 1.82) is 0 Å². The lowest BCUT2D eigenvalue weighted by Crippen LogP contribution is -2.17. The Hall–Kier alpha value is -1.89. The molecule has 0 amide bonds. The largest absolute Gasteiger partial charge is 0.493 e. The van der Waals surface area contributed by atoms with Gasteiger partial charge in [0.2, 0.25) is 0 Å². The highest BCUT2D eigenvalue weighted by Crippen LogP contribution is 2.30. The maximum Gasteiger partial charge on any atom is 0.387 e. The molecule has 2 rings (SSSR count). The third-order valence-electron chi connectivity index (χ3n) is 2.97. The molecule has 0 aliphatic heterocycles. The number of alkyl halides is 2. The van der Waals surface area contributed by atoms with E-state index in [2.05, 4.69) is 25.7 Å². The van der Waals surface area contributed by atoms with Crippen molar-refractivity contribution < 1.29 is 18.3 Å². The number of ether oxygens (including phenoxy) is 2. The van der Waals surface area contributed by atoms with E-state index in [4.69, 9.17) is 4.74 Å². The minimum atomic E-state index is -2.89. The number of nitrogens with zero attached hydrogens (tertiary/aromatic N) is 2. The Labute approximate surface area is 135 Å². The fraction of sp³-hybridized carbons (Fsp3) is 0.267. The predicted molar refractivity (Wildman–Crippen MR) is 83.7 cm³/mol. The first-order chi connectivity index (χ1) is 10.5. The molecule has 0 N–H and O–H groups in total. The van der Waals surface area contributed by atoms with Gasteiger partial charge in [0, 0.05) is 24.3 Å². The summed E-state index contributed by atoms with van der Waals surface area (Å²) in [7, 11) is 3.28. The lowest BCUT2D eigenvalue weighted by molar-refractivity contribution is -0.0512. The highest BCUT2D eigenvalue weighted by Gasteiger charge is 2.12. The van der Waals surface area contributed by atoms with Gasteiger partial charge in [0.1, 0.15) is 5.82 Å². The first-order valence-corrected chi connectivity index (χ1v) is 7.23. The van der Waals surface area contributed by atoms with Gasteiger partial charge >= 0.3 is 6.61 Å². The number of anilines is 1. The number of methoxy groups -OCH3 is 1. The van der Waals surface area contributed by atoms with E-state index in [1.54, 1.807) is 24.4 Å². The molecule has 1 aromatic carbocycles. The quantitative estimate of drug-likeness (QED) is 0.764. The Morgan fingerprint density at radius 2 is 2.00 bits per heavy atom. The highest BCUT2D eigenvalue weighted by atomic mass is 79.9. The van der Waals surface area contributed by atoms with Crippen LogP contribution in [0, 0.1) is 0 Å². The molecule has 1 heterocycles. The van der Waals surface area contributed by atoms with Crippen molar-refractivity contribution in [2.45, 2.75) is 13.2 Å². The molecule has 0 saturated carbocycles. The van der Waals surface area contributed by atoms with Crippen LogP contribution in [0.1, 0.15) is 5.56 Å². The van der Waals surface area contributed by atoms with E-state index in [1.165, 1.54) is 7.11 Å². The fourth-order valence-electron chi connectivity index (χ4n) is 1.96. The number of halogens is 3.